The number of urea groups is 1. The van der Waals surface area contributed by atoms with Crippen molar-refractivity contribution in [2.45, 2.75) is 25.3 Å². The molecule has 8 nitrogen and oxygen atoms in total. The molecule has 0 unspecified atom stereocenters. The Kier molecular flexibility index (Phi) is 5.67. The number of likely N-dealkylation sites (tertiary alicyclic amines) is 1. The minimum atomic E-state index is -3.08. The summed E-state index contributed by atoms with van der Waals surface area (Å²) >= 11 is 7.49. The van der Waals surface area contributed by atoms with Gasteiger partial charge in [0.2, 0.25) is 5.91 Å². The number of amides is 3. The number of para-hydroxylation sites is 1. The van der Waals surface area contributed by atoms with E-state index in [-0.39, 0.29) is 36.5 Å². The Balaban J connectivity index is 1.48. The standard InChI is InChI=1S/C18H21ClN4O4S2/c19-12-4-3-6-14-15(12)20-17(28-14)21-16(24)13-5-1-2-7-23(13)18(25)22-8-10-29(26,27)11-9-22/h3-4,6,13H,1-2,5,7-11H2,(H,20,21,24)/t13-/m0/s1. The third-order valence-corrected chi connectivity index (χ3v) is 8.12. The molecule has 3 heterocycles. The van der Waals surface area contributed by atoms with E-state index in [0.717, 1.165) is 17.5 Å². The Bertz CT molecular complexity index is 1040. The normalized spacial score (nSPS) is 21.9. The van der Waals surface area contributed by atoms with Gasteiger partial charge in [-0.15, -0.1) is 0 Å². The number of hydrogen-bond acceptors (Lipinski definition) is 6. The lowest BCUT2D eigenvalue weighted by Crippen LogP contribution is -2.56. The number of nitrogens with zero attached hydrogens (tertiary/aromatic N) is 3. The van der Waals surface area contributed by atoms with Gasteiger partial charge in [0.15, 0.2) is 15.0 Å². The van der Waals surface area contributed by atoms with Crippen LogP contribution in [-0.4, -0.2) is 72.3 Å². The topological polar surface area (TPSA) is 99.7 Å². The van der Waals surface area contributed by atoms with Crippen molar-refractivity contribution in [1.29, 1.82) is 0 Å². The lowest BCUT2D eigenvalue weighted by molar-refractivity contribution is -0.121. The second-order valence-corrected chi connectivity index (χ2v) is 11.0. The van der Waals surface area contributed by atoms with Crippen LogP contribution in [0.3, 0.4) is 0 Å². The van der Waals surface area contributed by atoms with Crippen LogP contribution in [0.25, 0.3) is 10.2 Å². The minimum Gasteiger partial charge on any atom is -0.323 e. The summed E-state index contributed by atoms with van der Waals surface area (Å²) in [5.41, 5.74) is 0.639. The monoisotopic (exact) mass is 456 g/mol. The van der Waals surface area contributed by atoms with Crippen LogP contribution >= 0.6 is 22.9 Å². The molecule has 4 rings (SSSR count). The molecule has 1 aromatic carbocycles. The number of fused-ring (bicyclic) bond motifs is 1. The Morgan fingerprint density at radius 3 is 2.66 bits per heavy atom. The van der Waals surface area contributed by atoms with Crippen molar-refractivity contribution in [3.8, 4) is 0 Å². The van der Waals surface area contributed by atoms with Crippen molar-refractivity contribution >= 4 is 60.1 Å². The molecule has 29 heavy (non-hydrogen) atoms. The third-order valence-electron chi connectivity index (χ3n) is 5.27. The highest BCUT2D eigenvalue weighted by atomic mass is 35.5. The fourth-order valence-electron chi connectivity index (χ4n) is 3.68. The maximum absolute atomic E-state index is 13.0. The summed E-state index contributed by atoms with van der Waals surface area (Å²) in [5.74, 6) is -0.343. The number of sulfone groups is 1. The number of rotatable bonds is 2. The maximum Gasteiger partial charge on any atom is 0.320 e. The Hall–Kier alpha value is -1.91. The molecule has 2 fully saturated rings. The van der Waals surface area contributed by atoms with E-state index in [0.29, 0.717) is 28.6 Å². The molecule has 0 bridgehead atoms. The average molecular weight is 457 g/mol. The van der Waals surface area contributed by atoms with Crippen LogP contribution in [0.4, 0.5) is 9.93 Å². The van der Waals surface area contributed by atoms with Gasteiger partial charge >= 0.3 is 6.03 Å². The third kappa shape index (κ3) is 4.34. The van der Waals surface area contributed by atoms with E-state index in [1.54, 1.807) is 11.0 Å². The van der Waals surface area contributed by atoms with Gasteiger partial charge in [-0.2, -0.15) is 0 Å². The van der Waals surface area contributed by atoms with E-state index in [4.69, 9.17) is 11.6 Å². The SMILES string of the molecule is O=C(Nc1nc2c(Cl)cccc2s1)[C@@H]1CCCCN1C(=O)N1CCS(=O)(=O)CC1. The maximum atomic E-state index is 13.0. The largest absolute Gasteiger partial charge is 0.323 e. The van der Waals surface area contributed by atoms with E-state index in [2.05, 4.69) is 10.3 Å². The molecule has 0 aliphatic carbocycles. The summed E-state index contributed by atoms with van der Waals surface area (Å²) < 4.78 is 24.1. The van der Waals surface area contributed by atoms with Gasteiger partial charge in [0.05, 0.1) is 21.2 Å². The molecule has 0 saturated carbocycles. The zero-order chi connectivity index (χ0) is 20.6. The van der Waals surface area contributed by atoms with Crippen molar-refractivity contribution < 1.29 is 18.0 Å². The molecule has 1 N–H and O–H groups in total. The molecule has 2 saturated heterocycles. The Labute approximate surface area is 177 Å². The molecule has 0 spiro atoms. The van der Waals surface area contributed by atoms with Crippen LogP contribution in [0, 0.1) is 0 Å². The van der Waals surface area contributed by atoms with Crippen molar-refractivity contribution in [1.82, 2.24) is 14.8 Å². The van der Waals surface area contributed by atoms with Gasteiger partial charge in [-0.1, -0.05) is 29.0 Å². The number of nitrogens with one attached hydrogen (secondary N) is 1. The molecule has 1 atom stereocenters. The molecule has 2 aliphatic heterocycles. The van der Waals surface area contributed by atoms with Crippen molar-refractivity contribution in [2.24, 2.45) is 0 Å². The summed E-state index contributed by atoms with van der Waals surface area (Å²) in [7, 11) is -3.08. The fourth-order valence-corrected chi connectivity index (χ4v) is 6.05. The van der Waals surface area contributed by atoms with Crippen molar-refractivity contribution in [3.63, 3.8) is 0 Å². The number of carbonyl (C=O) groups excluding carboxylic acids is 2. The Morgan fingerprint density at radius 1 is 1.17 bits per heavy atom. The number of halogens is 1. The highest BCUT2D eigenvalue weighted by molar-refractivity contribution is 7.91. The second-order valence-electron chi connectivity index (χ2n) is 7.22. The molecule has 156 valence electrons. The van der Waals surface area contributed by atoms with E-state index in [1.807, 2.05) is 12.1 Å². The van der Waals surface area contributed by atoms with E-state index >= 15 is 0 Å². The molecule has 2 aliphatic rings. The van der Waals surface area contributed by atoms with Crippen LogP contribution in [0.5, 0.6) is 0 Å². The second kappa shape index (κ2) is 8.08. The van der Waals surface area contributed by atoms with Gasteiger partial charge in [0.1, 0.15) is 11.6 Å². The highest BCUT2D eigenvalue weighted by Gasteiger charge is 2.36. The number of hydrogen-bond donors (Lipinski definition) is 1. The van der Waals surface area contributed by atoms with Gasteiger partial charge in [0, 0.05) is 19.6 Å². The minimum absolute atomic E-state index is 0.0318. The fraction of sp³-hybridized carbons (Fsp3) is 0.500. The van der Waals surface area contributed by atoms with E-state index in [9.17, 15) is 18.0 Å². The lowest BCUT2D eigenvalue weighted by Gasteiger charge is -2.39. The van der Waals surface area contributed by atoms with Crippen LogP contribution < -0.4 is 5.32 Å². The predicted octanol–water partition coefficient (Wildman–Crippen LogP) is 2.59. The Morgan fingerprint density at radius 2 is 1.93 bits per heavy atom. The first kappa shape index (κ1) is 20.4. The molecule has 0 radical (unpaired) electrons. The smallest absolute Gasteiger partial charge is 0.320 e. The molecule has 11 heteroatoms. The summed E-state index contributed by atoms with van der Waals surface area (Å²) in [6.07, 6.45) is 2.23. The quantitative estimate of drug-likeness (QED) is 0.748. The predicted molar refractivity (Wildman–Crippen MR) is 113 cm³/mol. The van der Waals surface area contributed by atoms with E-state index in [1.165, 1.54) is 16.2 Å². The van der Waals surface area contributed by atoms with Gasteiger partial charge in [-0.25, -0.2) is 18.2 Å². The zero-order valence-corrected chi connectivity index (χ0v) is 18.0. The molecular formula is C18H21ClN4O4S2. The van der Waals surface area contributed by atoms with Gasteiger partial charge in [0.25, 0.3) is 0 Å². The number of piperidine rings is 1. The summed E-state index contributed by atoms with van der Waals surface area (Å²) in [6, 6.07) is 4.59. The van der Waals surface area contributed by atoms with Crippen LogP contribution in [0.2, 0.25) is 5.02 Å². The van der Waals surface area contributed by atoms with Crippen LogP contribution in [0.1, 0.15) is 19.3 Å². The summed E-state index contributed by atoms with van der Waals surface area (Å²) in [4.78, 5) is 33.4. The summed E-state index contributed by atoms with van der Waals surface area (Å²) in [6.45, 7) is 0.816. The number of carbonyl (C=O) groups is 2. The van der Waals surface area contributed by atoms with Crippen molar-refractivity contribution in [2.75, 3.05) is 36.5 Å². The number of anilines is 1. The first-order valence-electron chi connectivity index (χ1n) is 9.46. The van der Waals surface area contributed by atoms with Gasteiger partial charge in [-0.05, 0) is 31.4 Å². The number of thiazole rings is 1. The lowest BCUT2D eigenvalue weighted by atomic mass is 10.0. The number of benzene rings is 1. The molecule has 2 aromatic rings. The van der Waals surface area contributed by atoms with E-state index < -0.39 is 15.9 Å². The van der Waals surface area contributed by atoms with Gasteiger partial charge in [-0.3, -0.25) is 4.79 Å². The number of aromatic nitrogens is 1. The average Bonchev–Trinajstić information content (AvgIpc) is 3.11. The first-order valence-corrected chi connectivity index (χ1v) is 12.5. The molecule has 1 aromatic heterocycles. The first-order chi connectivity index (χ1) is 13.8. The summed E-state index contributed by atoms with van der Waals surface area (Å²) in [5, 5.41) is 3.80. The molecular weight excluding hydrogens is 436 g/mol. The van der Waals surface area contributed by atoms with Crippen LogP contribution in [0.15, 0.2) is 18.2 Å². The highest BCUT2D eigenvalue weighted by Crippen LogP contribution is 2.31. The van der Waals surface area contributed by atoms with Crippen molar-refractivity contribution in [3.05, 3.63) is 23.2 Å². The zero-order valence-electron chi connectivity index (χ0n) is 15.6. The molecule has 3 amide bonds. The van der Waals surface area contributed by atoms with Crippen LogP contribution in [-0.2, 0) is 14.6 Å². The van der Waals surface area contributed by atoms with Gasteiger partial charge < -0.3 is 15.1 Å².